The first-order valence-corrected chi connectivity index (χ1v) is 12.5. The molecule has 32 heavy (non-hydrogen) atoms. The molecule has 6 heteroatoms. The molecule has 2 amide bonds. The zero-order valence-electron chi connectivity index (χ0n) is 19.5. The van der Waals surface area contributed by atoms with Gasteiger partial charge >= 0.3 is 0 Å². The number of fused-ring (bicyclic) bond motifs is 1. The first-order valence-electron chi connectivity index (χ1n) is 11.7. The zero-order chi connectivity index (χ0) is 23.0. The van der Waals surface area contributed by atoms with Crippen LogP contribution in [0.5, 0.6) is 0 Å². The van der Waals surface area contributed by atoms with E-state index in [1.165, 1.54) is 29.1 Å². The van der Waals surface area contributed by atoms with Crippen molar-refractivity contribution in [2.45, 2.75) is 72.3 Å². The number of piperidine rings is 1. The number of rotatable bonds is 3. The Morgan fingerprint density at radius 2 is 1.84 bits per heavy atom. The highest BCUT2D eigenvalue weighted by Crippen LogP contribution is 2.45. The van der Waals surface area contributed by atoms with Gasteiger partial charge in [-0.05, 0) is 86.6 Å². The molecule has 0 radical (unpaired) electrons. The average Bonchev–Trinajstić information content (AvgIpc) is 3.10. The number of halogens is 1. The lowest BCUT2D eigenvalue weighted by Gasteiger charge is -2.35. The van der Waals surface area contributed by atoms with Crippen LogP contribution in [0.1, 0.15) is 84.5 Å². The number of nitrogens with one attached hydrogen (secondary N) is 1. The number of hydrogen-bond donors (Lipinski definition) is 1. The summed E-state index contributed by atoms with van der Waals surface area (Å²) in [6, 6.07) is 5.72. The minimum atomic E-state index is -0.378. The summed E-state index contributed by atoms with van der Waals surface area (Å²) < 4.78 is 13.3. The Morgan fingerprint density at radius 3 is 2.50 bits per heavy atom. The number of amides is 2. The quantitative estimate of drug-likeness (QED) is 0.589. The number of hydrogen-bond acceptors (Lipinski definition) is 3. The van der Waals surface area contributed by atoms with Crippen LogP contribution in [-0.2, 0) is 12.8 Å². The van der Waals surface area contributed by atoms with Gasteiger partial charge in [0, 0.05) is 23.0 Å². The second kappa shape index (κ2) is 8.97. The number of thiophene rings is 1. The van der Waals surface area contributed by atoms with Gasteiger partial charge in [0.25, 0.3) is 11.8 Å². The molecular formula is C26H33FN2O2S. The van der Waals surface area contributed by atoms with E-state index in [1.807, 2.05) is 4.90 Å². The average molecular weight is 457 g/mol. The zero-order valence-corrected chi connectivity index (χ0v) is 20.3. The minimum Gasteiger partial charge on any atom is -0.336 e. The largest absolute Gasteiger partial charge is 0.336 e. The molecule has 4 nitrogen and oxygen atoms in total. The summed E-state index contributed by atoms with van der Waals surface area (Å²) in [5, 5.41) is 3.64. The van der Waals surface area contributed by atoms with E-state index in [0.29, 0.717) is 22.0 Å². The Morgan fingerprint density at radius 1 is 1.12 bits per heavy atom. The van der Waals surface area contributed by atoms with Crippen LogP contribution in [0.25, 0.3) is 0 Å². The predicted molar refractivity (Wildman–Crippen MR) is 128 cm³/mol. The second-order valence-electron chi connectivity index (χ2n) is 10.3. The van der Waals surface area contributed by atoms with Crippen molar-refractivity contribution in [1.29, 1.82) is 0 Å². The molecule has 2 unspecified atom stereocenters. The van der Waals surface area contributed by atoms with E-state index in [4.69, 9.17) is 0 Å². The molecule has 1 aromatic carbocycles. The fraction of sp³-hybridized carbons (Fsp3) is 0.538. The molecular weight excluding hydrogens is 423 g/mol. The Balaban J connectivity index is 1.69. The summed E-state index contributed by atoms with van der Waals surface area (Å²) >= 11 is 1.55. The molecule has 4 rings (SSSR count). The number of anilines is 1. The van der Waals surface area contributed by atoms with E-state index in [1.54, 1.807) is 11.3 Å². The van der Waals surface area contributed by atoms with Crippen LogP contribution >= 0.6 is 11.3 Å². The summed E-state index contributed by atoms with van der Waals surface area (Å²) in [7, 11) is 0. The molecule has 1 fully saturated rings. The molecule has 2 atom stereocenters. The monoisotopic (exact) mass is 456 g/mol. The summed E-state index contributed by atoms with van der Waals surface area (Å²) in [4.78, 5) is 29.9. The molecule has 172 valence electrons. The van der Waals surface area contributed by atoms with Crippen molar-refractivity contribution in [2.75, 3.05) is 11.9 Å². The molecule has 2 heterocycles. The Labute approximate surface area is 194 Å². The van der Waals surface area contributed by atoms with E-state index in [2.05, 4.69) is 33.0 Å². The second-order valence-corrected chi connectivity index (χ2v) is 11.4. The third-order valence-electron chi connectivity index (χ3n) is 7.10. The molecule has 1 saturated heterocycles. The maximum Gasteiger partial charge on any atom is 0.257 e. The maximum absolute atomic E-state index is 13.7. The van der Waals surface area contributed by atoms with Gasteiger partial charge in [-0.25, -0.2) is 4.39 Å². The van der Waals surface area contributed by atoms with E-state index < -0.39 is 0 Å². The lowest BCUT2D eigenvalue weighted by Crippen LogP contribution is -2.42. The van der Waals surface area contributed by atoms with Crippen molar-refractivity contribution in [2.24, 2.45) is 11.3 Å². The molecule has 1 N–H and O–H groups in total. The van der Waals surface area contributed by atoms with Gasteiger partial charge < -0.3 is 10.2 Å². The maximum atomic E-state index is 13.7. The normalized spacial score (nSPS) is 21.2. The van der Waals surface area contributed by atoms with Crippen molar-refractivity contribution >= 4 is 28.2 Å². The van der Waals surface area contributed by atoms with Crippen LogP contribution < -0.4 is 5.32 Å². The van der Waals surface area contributed by atoms with Gasteiger partial charge in [0.15, 0.2) is 0 Å². The number of nitrogens with zero attached hydrogens (tertiary/aromatic N) is 1. The highest BCUT2D eigenvalue weighted by atomic mass is 32.1. The van der Waals surface area contributed by atoms with Gasteiger partial charge in [0.1, 0.15) is 10.8 Å². The summed E-state index contributed by atoms with van der Waals surface area (Å²) in [5.41, 5.74) is 2.38. The molecule has 2 aromatic rings. The Kier molecular flexibility index (Phi) is 6.44. The SMILES string of the molecule is CC1CCCCN1C(=O)c1c(NC(=O)c2ccc(F)cc2)sc2c1CCC(C(C)(C)C)C2. The molecule has 1 aliphatic heterocycles. The van der Waals surface area contributed by atoms with Crippen LogP contribution in [0.2, 0.25) is 0 Å². The Bertz CT molecular complexity index is 1010. The highest BCUT2D eigenvalue weighted by Gasteiger charge is 2.36. The topological polar surface area (TPSA) is 49.4 Å². The van der Waals surface area contributed by atoms with Crippen LogP contribution in [0.15, 0.2) is 24.3 Å². The first-order chi connectivity index (χ1) is 15.1. The van der Waals surface area contributed by atoms with Crippen molar-refractivity contribution in [3.05, 3.63) is 51.7 Å². The predicted octanol–water partition coefficient (Wildman–Crippen LogP) is 6.31. The van der Waals surface area contributed by atoms with Crippen molar-refractivity contribution in [3.63, 3.8) is 0 Å². The van der Waals surface area contributed by atoms with Crippen LogP contribution in [-0.4, -0.2) is 29.3 Å². The van der Waals surface area contributed by atoms with Gasteiger partial charge in [-0.2, -0.15) is 0 Å². The number of carbonyl (C=O) groups is 2. The Hall–Kier alpha value is -2.21. The van der Waals surface area contributed by atoms with Crippen molar-refractivity contribution < 1.29 is 14.0 Å². The van der Waals surface area contributed by atoms with Gasteiger partial charge in [-0.15, -0.1) is 11.3 Å². The van der Waals surface area contributed by atoms with Crippen molar-refractivity contribution in [1.82, 2.24) is 4.90 Å². The lowest BCUT2D eigenvalue weighted by molar-refractivity contribution is 0.0635. The minimum absolute atomic E-state index is 0.0401. The summed E-state index contributed by atoms with van der Waals surface area (Å²) in [5.74, 6) is -0.0995. The van der Waals surface area contributed by atoms with Crippen LogP contribution in [0.4, 0.5) is 9.39 Å². The van der Waals surface area contributed by atoms with Crippen LogP contribution in [0, 0.1) is 17.2 Å². The first kappa shape index (κ1) is 23.0. The molecule has 2 aliphatic rings. The molecule has 0 spiro atoms. The number of likely N-dealkylation sites (tertiary alicyclic amines) is 1. The molecule has 0 saturated carbocycles. The smallest absolute Gasteiger partial charge is 0.257 e. The van der Waals surface area contributed by atoms with E-state index in [9.17, 15) is 14.0 Å². The van der Waals surface area contributed by atoms with Crippen LogP contribution in [0.3, 0.4) is 0 Å². The van der Waals surface area contributed by atoms with Gasteiger partial charge in [-0.3, -0.25) is 9.59 Å². The third-order valence-corrected chi connectivity index (χ3v) is 8.27. The number of carbonyl (C=O) groups excluding carboxylic acids is 2. The summed E-state index contributed by atoms with van der Waals surface area (Å²) in [6.45, 7) is 9.70. The standard InChI is InChI=1S/C26H33FN2O2S/c1-16-7-5-6-14-29(16)25(31)22-20-13-10-18(26(2,3)4)15-21(20)32-24(22)28-23(30)17-8-11-19(27)12-9-17/h8-9,11-12,16,18H,5-7,10,13-15H2,1-4H3,(H,28,30). The fourth-order valence-corrected chi connectivity index (χ4v) is 6.27. The summed E-state index contributed by atoms with van der Waals surface area (Å²) in [6.07, 6.45) is 6.03. The fourth-order valence-electron chi connectivity index (χ4n) is 4.96. The van der Waals surface area contributed by atoms with E-state index in [0.717, 1.165) is 50.6 Å². The van der Waals surface area contributed by atoms with E-state index >= 15 is 0 Å². The highest BCUT2D eigenvalue weighted by molar-refractivity contribution is 7.17. The number of benzene rings is 1. The third kappa shape index (κ3) is 4.61. The van der Waals surface area contributed by atoms with Crippen molar-refractivity contribution in [3.8, 4) is 0 Å². The molecule has 1 aliphatic carbocycles. The lowest BCUT2D eigenvalue weighted by atomic mass is 9.72. The van der Waals surface area contributed by atoms with Gasteiger partial charge in [-0.1, -0.05) is 20.8 Å². The molecule has 1 aromatic heterocycles. The van der Waals surface area contributed by atoms with E-state index in [-0.39, 0.29) is 29.1 Å². The van der Waals surface area contributed by atoms with Gasteiger partial charge in [0.05, 0.1) is 5.56 Å². The molecule has 0 bridgehead atoms. The van der Waals surface area contributed by atoms with Gasteiger partial charge in [0.2, 0.25) is 0 Å².